The molecule has 2 fully saturated rings. The lowest BCUT2D eigenvalue weighted by molar-refractivity contribution is -0.133. The van der Waals surface area contributed by atoms with Gasteiger partial charge in [-0.25, -0.2) is 8.42 Å². The van der Waals surface area contributed by atoms with E-state index in [2.05, 4.69) is 23.1 Å². The second-order valence-corrected chi connectivity index (χ2v) is 11.7. The molecule has 0 unspecified atom stereocenters. The highest BCUT2D eigenvalue weighted by atomic mass is 32.2. The molecule has 35 heavy (non-hydrogen) atoms. The molecule has 8 heteroatoms. The number of sulfonamides is 1. The molecule has 3 aliphatic heterocycles. The number of hydrogen-bond acceptors (Lipinski definition) is 5. The van der Waals surface area contributed by atoms with Crippen molar-refractivity contribution in [3.8, 4) is 5.75 Å². The molecule has 0 aromatic heterocycles. The molecule has 0 aliphatic carbocycles. The normalized spacial score (nSPS) is 19.4. The Hall–Kier alpha value is -2.42. The average molecular weight is 498 g/mol. The standard InChI is InChI=1S/C27H35N3O4S/c31-27(11-7-22-4-8-25(9-5-22)35(32,33)30-13-2-1-3-14-30)29-17-15-28(16-18-29)21-23-6-10-26-24(20-23)12-19-34-26/h4-6,8-10,20H,1-3,7,11-19,21H2. The van der Waals surface area contributed by atoms with Crippen LogP contribution in [0.15, 0.2) is 47.4 Å². The number of carbonyl (C=O) groups is 1. The van der Waals surface area contributed by atoms with Gasteiger partial charge in [-0.05, 0) is 54.2 Å². The molecule has 2 saturated heterocycles. The van der Waals surface area contributed by atoms with Gasteiger partial charge in [-0.15, -0.1) is 0 Å². The molecule has 2 aromatic carbocycles. The van der Waals surface area contributed by atoms with E-state index in [1.165, 1.54) is 11.1 Å². The Labute approximate surface area is 208 Å². The highest BCUT2D eigenvalue weighted by molar-refractivity contribution is 7.89. The smallest absolute Gasteiger partial charge is 0.243 e. The molecular weight excluding hydrogens is 462 g/mol. The van der Waals surface area contributed by atoms with Crippen LogP contribution in [0.5, 0.6) is 5.75 Å². The maximum absolute atomic E-state index is 12.8. The van der Waals surface area contributed by atoms with Gasteiger partial charge in [0.25, 0.3) is 0 Å². The van der Waals surface area contributed by atoms with Gasteiger partial charge in [0.2, 0.25) is 15.9 Å². The predicted molar refractivity (Wildman–Crippen MR) is 135 cm³/mol. The molecule has 0 spiro atoms. The highest BCUT2D eigenvalue weighted by Gasteiger charge is 2.26. The zero-order chi connectivity index (χ0) is 24.3. The lowest BCUT2D eigenvalue weighted by atomic mass is 10.1. The number of nitrogens with zero attached hydrogens (tertiary/aromatic N) is 3. The number of fused-ring (bicyclic) bond motifs is 1. The van der Waals surface area contributed by atoms with Crippen molar-refractivity contribution in [1.82, 2.24) is 14.1 Å². The summed E-state index contributed by atoms with van der Waals surface area (Å²) in [6, 6.07) is 13.6. The Bertz CT molecular complexity index is 1140. The summed E-state index contributed by atoms with van der Waals surface area (Å²) in [5.74, 6) is 1.19. The summed E-state index contributed by atoms with van der Waals surface area (Å²) in [5, 5.41) is 0. The molecule has 3 heterocycles. The Kier molecular flexibility index (Phi) is 7.41. The second-order valence-electron chi connectivity index (χ2n) is 9.81. The van der Waals surface area contributed by atoms with Crippen LogP contribution in [0.25, 0.3) is 0 Å². The molecule has 188 valence electrons. The van der Waals surface area contributed by atoms with Crippen LogP contribution in [0.4, 0.5) is 0 Å². The third-order valence-electron chi connectivity index (χ3n) is 7.39. The van der Waals surface area contributed by atoms with Crippen LogP contribution in [0.3, 0.4) is 0 Å². The fourth-order valence-electron chi connectivity index (χ4n) is 5.24. The predicted octanol–water partition coefficient (Wildman–Crippen LogP) is 3.07. The molecular formula is C27H35N3O4S. The SMILES string of the molecule is O=C(CCc1ccc(S(=O)(=O)N2CCCCC2)cc1)N1CCN(Cc2ccc3c(c2)CCO3)CC1. The number of carbonyl (C=O) groups excluding carboxylic acids is 1. The minimum atomic E-state index is -3.41. The summed E-state index contributed by atoms with van der Waals surface area (Å²) in [4.78, 5) is 17.5. The second kappa shape index (κ2) is 10.7. The Morgan fingerprint density at radius 2 is 1.57 bits per heavy atom. The maximum atomic E-state index is 12.8. The van der Waals surface area contributed by atoms with E-state index in [1.54, 1.807) is 16.4 Å². The van der Waals surface area contributed by atoms with Crippen molar-refractivity contribution in [2.24, 2.45) is 0 Å². The van der Waals surface area contributed by atoms with Crippen LogP contribution < -0.4 is 4.74 Å². The first-order valence-electron chi connectivity index (χ1n) is 12.8. The zero-order valence-electron chi connectivity index (χ0n) is 20.3. The number of rotatable bonds is 7. The van der Waals surface area contributed by atoms with Crippen LogP contribution in [-0.4, -0.2) is 74.3 Å². The van der Waals surface area contributed by atoms with Gasteiger partial charge in [0.05, 0.1) is 11.5 Å². The summed E-state index contributed by atoms with van der Waals surface area (Å²) in [6.45, 7) is 6.15. The minimum Gasteiger partial charge on any atom is -0.493 e. The molecule has 0 saturated carbocycles. The molecule has 2 aromatic rings. The third kappa shape index (κ3) is 5.71. The number of aryl methyl sites for hydroxylation is 1. The van der Waals surface area contributed by atoms with Crippen LogP contribution in [0.2, 0.25) is 0 Å². The Balaban J connectivity index is 1.08. The first-order chi connectivity index (χ1) is 17.0. The van der Waals surface area contributed by atoms with Crippen LogP contribution >= 0.6 is 0 Å². The molecule has 0 atom stereocenters. The van der Waals surface area contributed by atoms with Gasteiger partial charge in [-0.2, -0.15) is 4.31 Å². The Morgan fingerprint density at radius 1 is 0.857 bits per heavy atom. The third-order valence-corrected chi connectivity index (χ3v) is 9.30. The molecule has 0 bridgehead atoms. The lowest BCUT2D eigenvalue weighted by Gasteiger charge is -2.35. The number of piperidine rings is 1. The van der Waals surface area contributed by atoms with E-state index in [-0.39, 0.29) is 5.91 Å². The number of hydrogen-bond donors (Lipinski definition) is 0. The molecule has 0 N–H and O–H groups in total. The first kappa shape index (κ1) is 24.3. The van der Waals surface area contributed by atoms with E-state index in [0.29, 0.717) is 30.8 Å². The van der Waals surface area contributed by atoms with Gasteiger partial charge >= 0.3 is 0 Å². The molecule has 1 amide bonds. The maximum Gasteiger partial charge on any atom is 0.243 e. The van der Waals surface area contributed by atoms with E-state index < -0.39 is 10.0 Å². The topological polar surface area (TPSA) is 70.2 Å². The summed E-state index contributed by atoms with van der Waals surface area (Å²) < 4.78 is 32.8. The monoisotopic (exact) mass is 497 g/mol. The summed E-state index contributed by atoms with van der Waals surface area (Å²) in [6.07, 6.45) is 5.01. The lowest BCUT2D eigenvalue weighted by Crippen LogP contribution is -2.48. The van der Waals surface area contributed by atoms with Crippen molar-refractivity contribution in [2.75, 3.05) is 45.9 Å². The van der Waals surface area contributed by atoms with Crippen molar-refractivity contribution in [3.05, 3.63) is 59.2 Å². The molecule has 7 nitrogen and oxygen atoms in total. The summed E-state index contributed by atoms with van der Waals surface area (Å²) in [5.41, 5.74) is 3.60. The van der Waals surface area contributed by atoms with Gasteiger partial charge in [0.1, 0.15) is 5.75 Å². The van der Waals surface area contributed by atoms with Crippen LogP contribution in [0, 0.1) is 0 Å². The fourth-order valence-corrected chi connectivity index (χ4v) is 6.76. The van der Waals surface area contributed by atoms with Gasteiger partial charge in [0.15, 0.2) is 0 Å². The number of ether oxygens (including phenoxy) is 1. The number of piperazine rings is 1. The quantitative estimate of drug-likeness (QED) is 0.588. The van der Waals surface area contributed by atoms with Crippen molar-refractivity contribution in [3.63, 3.8) is 0 Å². The van der Waals surface area contributed by atoms with E-state index >= 15 is 0 Å². The van der Waals surface area contributed by atoms with Crippen LogP contribution in [-0.2, 0) is 34.2 Å². The van der Waals surface area contributed by atoms with E-state index in [9.17, 15) is 13.2 Å². The largest absolute Gasteiger partial charge is 0.493 e. The van der Waals surface area contributed by atoms with Crippen molar-refractivity contribution in [2.45, 2.75) is 50.0 Å². The summed E-state index contributed by atoms with van der Waals surface area (Å²) in [7, 11) is -3.41. The zero-order valence-corrected chi connectivity index (χ0v) is 21.1. The van der Waals surface area contributed by atoms with Crippen molar-refractivity contribution < 1.29 is 17.9 Å². The fraction of sp³-hybridized carbons (Fsp3) is 0.519. The van der Waals surface area contributed by atoms with Gasteiger partial charge < -0.3 is 9.64 Å². The Morgan fingerprint density at radius 3 is 2.31 bits per heavy atom. The molecule has 5 rings (SSSR count). The van der Waals surface area contributed by atoms with E-state index in [1.807, 2.05) is 17.0 Å². The van der Waals surface area contributed by atoms with Gasteiger partial charge in [-0.3, -0.25) is 9.69 Å². The first-order valence-corrected chi connectivity index (χ1v) is 14.3. The van der Waals surface area contributed by atoms with E-state index in [0.717, 1.165) is 76.3 Å². The molecule has 3 aliphatic rings. The molecule has 0 radical (unpaired) electrons. The van der Waals surface area contributed by atoms with Crippen LogP contribution in [0.1, 0.15) is 42.4 Å². The van der Waals surface area contributed by atoms with E-state index in [4.69, 9.17) is 4.74 Å². The van der Waals surface area contributed by atoms with Gasteiger partial charge in [0, 0.05) is 58.7 Å². The number of amides is 1. The van der Waals surface area contributed by atoms with Crippen molar-refractivity contribution in [1.29, 1.82) is 0 Å². The van der Waals surface area contributed by atoms with Gasteiger partial charge in [-0.1, -0.05) is 30.7 Å². The number of benzene rings is 2. The van der Waals surface area contributed by atoms with Crippen molar-refractivity contribution >= 4 is 15.9 Å². The minimum absolute atomic E-state index is 0.171. The summed E-state index contributed by atoms with van der Waals surface area (Å²) >= 11 is 0. The highest BCUT2D eigenvalue weighted by Crippen LogP contribution is 2.26. The average Bonchev–Trinajstić information content (AvgIpc) is 3.36.